The van der Waals surface area contributed by atoms with Gasteiger partial charge in [-0.2, -0.15) is 0 Å². The Morgan fingerprint density at radius 1 is 1.25 bits per heavy atom. The minimum Gasteiger partial charge on any atom is -0.396 e. The molecule has 0 radical (unpaired) electrons. The molecule has 0 unspecified atom stereocenters. The van der Waals surface area contributed by atoms with Crippen LogP contribution in [0.1, 0.15) is 10.4 Å². The molecule has 3 nitrogen and oxygen atoms in total. The van der Waals surface area contributed by atoms with Crippen molar-refractivity contribution in [3.8, 4) is 0 Å². The van der Waals surface area contributed by atoms with Crippen LogP contribution in [-0.2, 0) is 0 Å². The lowest BCUT2D eigenvalue weighted by Crippen LogP contribution is -2.14. The maximum Gasteiger partial charge on any atom is 0.256 e. The van der Waals surface area contributed by atoms with Crippen molar-refractivity contribution >= 4 is 44.8 Å². The number of hydrogen-bond acceptors (Lipinski definition) is 2. The quantitative estimate of drug-likeness (QED) is 0.787. The van der Waals surface area contributed by atoms with Gasteiger partial charge in [0.1, 0.15) is 11.6 Å². The molecule has 2 rings (SSSR count). The van der Waals surface area contributed by atoms with Gasteiger partial charge >= 0.3 is 0 Å². The molecule has 2 aromatic rings. The highest BCUT2D eigenvalue weighted by atomic mass is 79.9. The van der Waals surface area contributed by atoms with Crippen molar-refractivity contribution in [1.82, 2.24) is 0 Å². The summed E-state index contributed by atoms with van der Waals surface area (Å²) in [6.45, 7) is 0. The van der Waals surface area contributed by atoms with Gasteiger partial charge in [-0.3, -0.25) is 4.79 Å². The Kier molecular flexibility index (Phi) is 4.25. The van der Waals surface area contributed by atoms with Crippen molar-refractivity contribution < 1.29 is 13.6 Å². The van der Waals surface area contributed by atoms with E-state index in [-0.39, 0.29) is 26.4 Å². The molecule has 0 aromatic heterocycles. The molecule has 0 saturated carbocycles. The first-order chi connectivity index (χ1) is 9.38. The molecule has 0 aliphatic rings. The van der Waals surface area contributed by atoms with Gasteiger partial charge in [-0.1, -0.05) is 11.6 Å². The van der Waals surface area contributed by atoms with Crippen molar-refractivity contribution in [2.24, 2.45) is 0 Å². The van der Waals surface area contributed by atoms with E-state index in [4.69, 9.17) is 17.3 Å². The molecule has 104 valence electrons. The van der Waals surface area contributed by atoms with Crippen LogP contribution in [0.25, 0.3) is 0 Å². The third-order valence-electron chi connectivity index (χ3n) is 2.51. The zero-order valence-electron chi connectivity index (χ0n) is 9.88. The third kappa shape index (κ3) is 3.08. The van der Waals surface area contributed by atoms with Gasteiger partial charge in [0, 0.05) is 4.47 Å². The average Bonchev–Trinajstić information content (AvgIpc) is 2.38. The normalized spacial score (nSPS) is 10.4. The van der Waals surface area contributed by atoms with Gasteiger partial charge < -0.3 is 11.1 Å². The number of halogens is 4. The highest BCUT2D eigenvalue weighted by Gasteiger charge is 2.15. The van der Waals surface area contributed by atoms with Crippen LogP contribution in [0.15, 0.2) is 34.8 Å². The number of nitrogens with one attached hydrogen (secondary N) is 1. The Balaban J connectivity index is 2.33. The molecular formula is C13H8BrClF2N2O. The fourth-order valence-electron chi connectivity index (χ4n) is 1.52. The molecule has 20 heavy (non-hydrogen) atoms. The topological polar surface area (TPSA) is 55.1 Å². The fraction of sp³-hybridized carbons (Fsp3) is 0. The number of hydrogen-bond donors (Lipinski definition) is 2. The average molecular weight is 362 g/mol. The van der Waals surface area contributed by atoms with Crippen LogP contribution in [0.5, 0.6) is 0 Å². The van der Waals surface area contributed by atoms with E-state index in [1.54, 1.807) is 0 Å². The summed E-state index contributed by atoms with van der Waals surface area (Å²) in [5.41, 5.74) is 5.48. The van der Waals surface area contributed by atoms with Crippen LogP contribution in [0.3, 0.4) is 0 Å². The summed E-state index contributed by atoms with van der Waals surface area (Å²) in [4.78, 5) is 12.1. The van der Waals surface area contributed by atoms with Crippen LogP contribution in [0, 0.1) is 11.6 Å². The van der Waals surface area contributed by atoms with E-state index in [9.17, 15) is 13.6 Å². The molecule has 0 bridgehead atoms. The number of amides is 1. The van der Waals surface area contributed by atoms with E-state index in [2.05, 4.69) is 21.2 Å². The Morgan fingerprint density at radius 3 is 2.65 bits per heavy atom. The number of carbonyl (C=O) groups excluding carboxylic acids is 1. The Morgan fingerprint density at radius 2 is 1.95 bits per heavy atom. The third-order valence-corrected chi connectivity index (χ3v) is 3.49. The van der Waals surface area contributed by atoms with Crippen LogP contribution >= 0.6 is 27.5 Å². The van der Waals surface area contributed by atoms with Gasteiger partial charge in [0.25, 0.3) is 5.91 Å². The van der Waals surface area contributed by atoms with Crippen molar-refractivity contribution in [3.05, 3.63) is 57.0 Å². The Labute approximate surface area is 126 Å². The van der Waals surface area contributed by atoms with Gasteiger partial charge in [-0.15, -0.1) is 0 Å². The number of nitrogen functional groups attached to an aromatic ring is 1. The maximum atomic E-state index is 13.2. The minimum atomic E-state index is -0.641. The standard InChI is InChI=1S/C13H8BrClF2N2O/c14-8-5-10(17)11(18)4-7(8)13(20)19-12-3-6(16)1-2-9(12)15/h1-5H,18H2,(H,19,20). The van der Waals surface area contributed by atoms with Crippen LogP contribution in [0.4, 0.5) is 20.2 Å². The molecule has 0 heterocycles. The monoisotopic (exact) mass is 360 g/mol. The molecular weight excluding hydrogens is 354 g/mol. The van der Waals surface area contributed by atoms with Crippen molar-refractivity contribution in [2.45, 2.75) is 0 Å². The molecule has 0 spiro atoms. The van der Waals surface area contributed by atoms with Crippen molar-refractivity contribution in [3.63, 3.8) is 0 Å². The predicted molar refractivity (Wildman–Crippen MR) is 77.9 cm³/mol. The van der Waals surface area contributed by atoms with Gasteiger partial charge in [-0.25, -0.2) is 8.78 Å². The molecule has 1 amide bonds. The van der Waals surface area contributed by atoms with E-state index in [0.717, 1.165) is 12.1 Å². The van der Waals surface area contributed by atoms with Gasteiger partial charge in [0.05, 0.1) is 22.0 Å². The number of carbonyl (C=O) groups is 1. The summed E-state index contributed by atoms with van der Waals surface area (Å²) in [6.07, 6.45) is 0. The maximum absolute atomic E-state index is 13.2. The lowest BCUT2D eigenvalue weighted by Gasteiger charge is -2.09. The van der Waals surface area contributed by atoms with E-state index in [0.29, 0.717) is 0 Å². The second-order valence-corrected chi connectivity index (χ2v) is 5.19. The second kappa shape index (κ2) is 5.76. The first-order valence-electron chi connectivity index (χ1n) is 5.39. The summed E-state index contributed by atoms with van der Waals surface area (Å²) in [5, 5.41) is 2.62. The summed E-state index contributed by atoms with van der Waals surface area (Å²) in [5.74, 6) is -1.77. The van der Waals surface area contributed by atoms with Crippen LogP contribution < -0.4 is 11.1 Å². The molecule has 2 aromatic carbocycles. The predicted octanol–water partition coefficient (Wildman–Crippen LogP) is 4.22. The zero-order valence-corrected chi connectivity index (χ0v) is 12.2. The van der Waals surface area contributed by atoms with Crippen LogP contribution in [-0.4, -0.2) is 5.91 Å². The largest absolute Gasteiger partial charge is 0.396 e. The summed E-state index contributed by atoms with van der Waals surface area (Å²) in [6, 6.07) is 5.84. The van der Waals surface area contributed by atoms with Crippen LogP contribution in [0.2, 0.25) is 5.02 Å². The SMILES string of the molecule is Nc1cc(C(=O)Nc2cc(F)ccc2Cl)c(Br)cc1F. The number of rotatable bonds is 2. The summed E-state index contributed by atoms with van der Waals surface area (Å²) >= 11 is 8.91. The van der Waals surface area contributed by atoms with Crippen molar-refractivity contribution in [1.29, 1.82) is 0 Å². The molecule has 0 saturated heterocycles. The highest BCUT2D eigenvalue weighted by Crippen LogP contribution is 2.26. The summed E-state index contributed by atoms with van der Waals surface area (Å²) < 4.78 is 26.5. The molecule has 0 fully saturated rings. The van der Waals surface area contributed by atoms with E-state index in [1.165, 1.54) is 18.2 Å². The van der Waals surface area contributed by atoms with Gasteiger partial charge in [0.2, 0.25) is 0 Å². The first-order valence-corrected chi connectivity index (χ1v) is 6.56. The Bertz CT molecular complexity index is 694. The lowest BCUT2D eigenvalue weighted by atomic mass is 10.1. The lowest BCUT2D eigenvalue weighted by molar-refractivity contribution is 0.102. The number of anilines is 2. The fourth-order valence-corrected chi connectivity index (χ4v) is 2.18. The molecule has 3 N–H and O–H groups in total. The minimum absolute atomic E-state index is 0.115. The van der Waals surface area contributed by atoms with Crippen molar-refractivity contribution in [2.75, 3.05) is 11.1 Å². The molecule has 0 aliphatic heterocycles. The highest BCUT2D eigenvalue weighted by molar-refractivity contribution is 9.10. The molecule has 7 heteroatoms. The Hall–Kier alpha value is -1.66. The zero-order chi connectivity index (χ0) is 14.9. The van der Waals surface area contributed by atoms with Gasteiger partial charge in [0.15, 0.2) is 0 Å². The number of nitrogens with two attached hydrogens (primary N) is 1. The number of benzene rings is 2. The van der Waals surface area contributed by atoms with E-state index in [1.807, 2.05) is 0 Å². The van der Waals surface area contributed by atoms with Gasteiger partial charge in [-0.05, 0) is 46.3 Å². The summed E-state index contributed by atoms with van der Waals surface area (Å²) in [7, 11) is 0. The first kappa shape index (κ1) is 14.7. The smallest absolute Gasteiger partial charge is 0.256 e. The molecule has 0 atom stereocenters. The van der Waals surface area contributed by atoms with E-state index >= 15 is 0 Å². The van der Waals surface area contributed by atoms with E-state index < -0.39 is 17.5 Å². The second-order valence-electron chi connectivity index (χ2n) is 3.93. The molecule has 0 aliphatic carbocycles.